The van der Waals surface area contributed by atoms with Gasteiger partial charge in [-0.3, -0.25) is 0 Å². The van der Waals surface area contributed by atoms with Gasteiger partial charge in [0.2, 0.25) is 0 Å². The number of rotatable bonds is 6. The van der Waals surface area contributed by atoms with E-state index < -0.39 is 0 Å². The summed E-state index contributed by atoms with van der Waals surface area (Å²) < 4.78 is 0. The molecule has 0 aliphatic heterocycles. The molecule has 0 aromatic heterocycles. The first-order chi connectivity index (χ1) is 8.19. The molecule has 0 spiro atoms. The van der Waals surface area contributed by atoms with E-state index in [9.17, 15) is 5.11 Å². The van der Waals surface area contributed by atoms with Crippen molar-refractivity contribution >= 4 is 5.71 Å². The molecule has 0 aliphatic carbocycles. The van der Waals surface area contributed by atoms with Crippen LogP contribution in [0.1, 0.15) is 32.8 Å². The Morgan fingerprint density at radius 3 is 2.41 bits per heavy atom. The van der Waals surface area contributed by atoms with E-state index in [2.05, 4.69) is 5.16 Å². The Kier molecular flexibility index (Phi) is 5.70. The van der Waals surface area contributed by atoms with E-state index >= 15 is 0 Å². The second kappa shape index (κ2) is 7.07. The van der Waals surface area contributed by atoms with Crippen LogP contribution < -0.4 is 0 Å². The molecule has 0 saturated carbocycles. The van der Waals surface area contributed by atoms with Crippen molar-refractivity contribution in [3.63, 3.8) is 0 Å². The van der Waals surface area contributed by atoms with Gasteiger partial charge in [-0.05, 0) is 25.8 Å². The fourth-order valence-electron chi connectivity index (χ4n) is 1.54. The van der Waals surface area contributed by atoms with Gasteiger partial charge in [-0.1, -0.05) is 42.4 Å². The highest BCUT2D eigenvalue weighted by molar-refractivity contribution is 6.01. The third-order valence-electron chi connectivity index (χ3n) is 2.53. The predicted molar refractivity (Wildman–Crippen MR) is 70.1 cm³/mol. The van der Waals surface area contributed by atoms with Gasteiger partial charge in [0.05, 0.1) is 12.3 Å². The summed E-state index contributed by atoms with van der Waals surface area (Å²) in [6.45, 7) is 6.00. The summed E-state index contributed by atoms with van der Waals surface area (Å²) in [5.41, 5.74) is 1.83. The molecule has 0 saturated heterocycles. The molecule has 17 heavy (non-hydrogen) atoms. The summed E-state index contributed by atoms with van der Waals surface area (Å²) in [6, 6.07) is 9.86. The molecule has 1 atom stereocenters. The monoisotopic (exact) mass is 235 g/mol. The van der Waals surface area contributed by atoms with Crippen LogP contribution in [0.3, 0.4) is 0 Å². The lowest BCUT2D eigenvalue weighted by Gasteiger charge is -2.15. The van der Waals surface area contributed by atoms with Crippen molar-refractivity contribution in [1.82, 2.24) is 0 Å². The molecular formula is C14H21NO2. The molecule has 1 unspecified atom stereocenters. The first-order valence-corrected chi connectivity index (χ1v) is 6.09. The summed E-state index contributed by atoms with van der Waals surface area (Å²) in [4.78, 5) is 5.32. The highest BCUT2D eigenvalue weighted by Gasteiger charge is 2.16. The molecule has 1 N–H and O–H groups in total. The third kappa shape index (κ3) is 4.19. The molecule has 1 rings (SSSR count). The first-order valence-electron chi connectivity index (χ1n) is 6.09. The van der Waals surface area contributed by atoms with Crippen molar-refractivity contribution in [2.45, 2.75) is 33.3 Å². The van der Waals surface area contributed by atoms with Gasteiger partial charge in [0.15, 0.2) is 0 Å². The Morgan fingerprint density at radius 2 is 1.94 bits per heavy atom. The third-order valence-corrected chi connectivity index (χ3v) is 2.53. The fourth-order valence-corrected chi connectivity index (χ4v) is 1.54. The van der Waals surface area contributed by atoms with Gasteiger partial charge in [0.1, 0.15) is 6.10 Å². The molecule has 1 aromatic carbocycles. The van der Waals surface area contributed by atoms with Crippen LogP contribution >= 0.6 is 0 Å². The van der Waals surface area contributed by atoms with E-state index in [-0.39, 0.29) is 18.6 Å². The second-order valence-corrected chi connectivity index (χ2v) is 4.28. The van der Waals surface area contributed by atoms with Gasteiger partial charge in [-0.25, -0.2) is 0 Å². The van der Waals surface area contributed by atoms with Crippen molar-refractivity contribution in [1.29, 1.82) is 0 Å². The van der Waals surface area contributed by atoms with E-state index in [1.807, 2.05) is 51.1 Å². The van der Waals surface area contributed by atoms with Gasteiger partial charge < -0.3 is 9.94 Å². The number of benzene rings is 1. The van der Waals surface area contributed by atoms with Crippen LogP contribution in [-0.2, 0) is 4.84 Å². The van der Waals surface area contributed by atoms with Crippen LogP contribution in [0.15, 0.2) is 35.5 Å². The highest BCUT2D eigenvalue weighted by Crippen LogP contribution is 2.14. The molecule has 0 bridgehead atoms. The smallest absolute Gasteiger partial charge is 0.122 e. The van der Waals surface area contributed by atoms with Crippen molar-refractivity contribution in [2.24, 2.45) is 11.1 Å². The Balaban J connectivity index is 2.98. The number of hydrogen-bond acceptors (Lipinski definition) is 3. The van der Waals surface area contributed by atoms with Crippen molar-refractivity contribution in [3.05, 3.63) is 35.9 Å². The van der Waals surface area contributed by atoms with Crippen molar-refractivity contribution < 1.29 is 9.94 Å². The van der Waals surface area contributed by atoms with Crippen LogP contribution in [0.4, 0.5) is 0 Å². The van der Waals surface area contributed by atoms with Gasteiger partial charge in [0, 0.05) is 5.92 Å². The highest BCUT2D eigenvalue weighted by atomic mass is 16.6. The zero-order chi connectivity index (χ0) is 12.7. The van der Waals surface area contributed by atoms with Crippen LogP contribution in [0.5, 0.6) is 0 Å². The molecule has 0 fully saturated rings. The SMILES string of the molecule is CCC(CO)C(=NOC(C)C)c1ccccc1. The second-order valence-electron chi connectivity index (χ2n) is 4.28. The van der Waals surface area contributed by atoms with E-state index in [0.717, 1.165) is 17.7 Å². The molecule has 0 amide bonds. The Bertz CT molecular complexity index is 342. The summed E-state index contributed by atoms with van der Waals surface area (Å²) >= 11 is 0. The van der Waals surface area contributed by atoms with E-state index in [0.29, 0.717) is 0 Å². The van der Waals surface area contributed by atoms with Gasteiger partial charge >= 0.3 is 0 Å². The summed E-state index contributed by atoms with van der Waals surface area (Å²) in [7, 11) is 0. The van der Waals surface area contributed by atoms with Crippen LogP contribution in [-0.4, -0.2) is 23.5 Å². The molecule has 3 heteroatoms. The Morgan fingerprint density at radius 1 is 1.29 bits per heavy atom. The van der Waals surface area contributed by atoms with Crippen molar-refractivity contribution in [3.8, 4) is 0 Å². The average molecular weight is 235 g/mol. The number of oxime groups is 1. The lowest BCUT2D eigenvalue weighted by Crippen LogP contribution is -2.20. The molecule has 0 aliphatic rings. The minimum Gasteiger partial charge on any atom is -0.396 e. The zero-order valence-corrected chi connectivity index (χ0v) is 10.8. The molecule has 0 heterocycles. The standard InChI is InChI=1S/C14H21NO2/c1-4-12(10-16)14(15-17-11(2)3)13-8-6-5-7-9-13/h5-9,11-12,16H,4,10H2,1-3H3. The molecule has 1 aromatic rings. The van der Waals surface area contributed by atoms with E-state index in [4.69, 9.17) is 4.84 Å². The maximum absolute atomic E-state index is 9.39. The summed E-state index contributed by atoms with van der Waals surface area (Å²) in [5.74, 6) is 0.0242. The largest absolute Gasteiger partial charge is 0.396 e. The van der Waals surface area contributed by atoms with Gasteiger partial charge in [-0.2, -0.15) is 0 Å². The number of nitrogens with zero attached hydrogens (tertiary/aromatic N) is 1. The number of aliphatic hydroxyl groups is 1. The predicted octanol–water partition coefficient (Wildman–Crippen LogP) is 2.83. The number of aliphatic hydroxyl groups excluding tert-OH is 1. The summed E-state index contributed by atoms with van der Waals surface area (Å²) in [5, 5.41) is 13.6. The maximum Gasteiger partial charge on any atom is 0.122 e. The number of hydrogen-bond donors (Lipinski definition) is 1. The fraction of sp³-hybridized carbons (Fsp3) is 0.500. The maximum atomic E-state index is 9.39. The summed E-state index contributed by atoms with van der Waals surface area (Å²) in [6.07, 6.45) is 0.885. The lowest BCUT2D eigenvalue weighted by atomic mass is 9.95. The molecule has 0 radical (unpaired) electrons. The van der Waals surface area contributed by atoms with E-state index in [1.165, 1.54) is 0 Å². The Hall–Kier alpha value is -1.35. The van der Waals surface area contributed by atoms with Crippen LogP contribution in [0.2, 0.25) is 0 Å². The van der Waals surface area contributed by atoms with Crippen molar-refractivity contribution in [2.75, 3.05) is 6.61 Å². The zero-order valence-electron chi connectivity index (χ0n) is 10.8. The molecule has 3 nitrogen and oxygen atoms in total. The topological polar surface area (TPSA) is 41.8 Å². The average Bonchev–Trinajstić information content (AvgIpc) is 2.35. The molecular weight excluding hydrogens is 214 g/mol. The van der Waals surface area contributed by atoms with Crippen LogP contribution in [0, 0.1) is 5.92 Å². The normalized spacial score (nSPS) is 13.8. The minimum atomic E-state index is 0.0242. The van der Waals surface area contributed by atoms with Crippen LogP contribution in [0.25, 0.3) is 0 Å². The van der Waals surface area contributed by atoms with Gasteiger partial charge in [-0.15, -0.1) is 0 Å². The minimum absolute atomic E-state index is 0.0242. The quantitative estimate of drug-likeness (QED) is 0.608. The molecule has 94 valence electrons. The van der Waals surface area contributed by atoms with E-state index in [1.54, 1.807) is 0 Å². The Labute approximate surface area is 103 Å². The van der Waals surface area contributed by atoms with Gasteiger partial charge in [0.25, 0.3) is 0 Å². The lowest BCUT2D eigenvalue weighted by molar-refractivity contribution is 0.0839. The first kappa shape index (κ1) is 13.7.